The minimum Gasteiger partial charge on any atom is -0.389 e. The fourth-order valence-corrected chi connectivity index (χ4v) is 3.83. The largest absolute Gasteiger partial charge is 0.389 e. The van der Waals surface area contributed by atoms with Gasteiger partial charge in [0.15, 0.2) is 0 Å². The third-order valence-electron chi connectivity index (χ3n) is 4.36. The molecule has 2 aliphatic heterocycles. The highest BCUT2D eigenvalue weighted by atomic mass is 35.5. The lowest BCUT2D eigenvalue weighted by molar-refractivity contribution is -0.135. The van der Waals surface area contributed by atoms with Gasteiger partial charge in [-0.2, -0.15) is 11.8 Å². The molecule has 0 spiro atoms. The first-order valence-corrected chi connectivity index (χ1v) is 9.46. The van der Waals surface area contributed by atoms with E-state index in [1.54, 1.807) is 11.8 Å². The van der Waals surface area contributed by atoms with Crippen molar-refractivity contribution in [2.24, 2.45) is 0 Å². The summed E-state index contributed by atoms with van der Waals surface area (Å²) < 4.78 is 5.23. The summed E-state index contributed by atoms with van der Waals surface area (Å²) in [4.78, 5) is 13.8. The van der Waals surface area contributed by atoms with Crippen LogP contribution in [0.15, 0.2) is 0 Å². The Hall–Kier alpha value is -0.0900. The van der Waals surface area contributed by atoms with Crippen molar-refractivity contribution in [1.82, 2.24) is 10.2 Å². The van der Waals surface area contributed by atoms with Gasteiger partial charge < -0.3 is 30.3 Å². The van der Waals surface area contributed by atoms with Crippen LogP contribution >= 0.6 is 24.2 Å². The van der Waals surface area contributed by atoms with Gasteiger partial charge in [0.05, 0.1) is 25.4 Å². The van der Waals surface area contributed by atoms with E-state index in [1.165, 1.54) is 0 Å². The molecule has 0 bridgehead atoms. The third-order valence-corrected chi connectivity index (χ3v) is 5.46. The van der Waals surface area contributed by atoms with Crippen molar-refractivity contribution in [2.45, 2.75) is 43.6 Å². The second kappa shape index (κ2) is 11.5. The Balaban J connectivity index is 0.00000288. The zero-order valence-corrected chi connectivity index (χ0v) is 15.4. The molecular formula is C15H29ClN2O5S. The van der Waals surface area contributed by atoms with Crippen LogP contribution in [0, 0.1) is 0 Å². The zero-order chi connectivity index (χ0) is 16.7. The predicted octanol–water partition coefficient (Wildman–Crippen LogP) is -0.775. The number of β-amino-alcohol motifs (C(OH)–C–C–N with tert-alkyl or cyclic N) is 1. The molecule has 2 fully saturated rings. The first-order valence-electron chi connectivity index (χ1n) is 8.30. The summed E-state index contributed by atoms with van der Waals surface area (Å²) in [6, 6.07) is -0.184. The van der Waals surface area contributed by atoms with Crippen LogP contribution in [-0.2, 0) is 9.53 Å². The Morgan fingerprint density at radius 1 is 1.17 bits per heavy atom. The molecule has 142 valence electrons. The highest BCUT2D eigenvalue weighted by Gasteiger charge is 2.35. The van der Waals surface area contributed by atoms with Crippen LogP contribution < -0.4 is 5.32 Å². The van der Waals surface area contributed by atoms with Gasteiger partial charge >= 0.3 is 0 Å². The monoisotopic (exact) mass is 384 g/mol. The second-order valence-electron chi connectivity index (χ2n) is 6.06. The maximum absolute atomic E-state index is 12.0. The van der Waals surface area contributed by atoms with Crippen LogP contribution in [0.3, 0.4) is 0 Å². The summed E-state index contributed by atoms with van der Waals surface area (Å²) >= 11 is 1.75. The molecule has 0 unspecified atom stereocenters. The van der Waals surface area contributed by atoms with Crippen LogP contribution in [0.2, 0.25) is 0 Å². The molecule has 0 aliphatic carbocycles. The van der Waals surface area contributed by atoms with Crippen molar-refractivity contribution in [3.8, 4) is 0 Å². The number of piperidine rings is 1. The molecule has 4 N–H and O–H groups in total. The van der Waals surface area contributed by atoms with Gasteiger partial charge in [0.1, 0.15) is 6.10 Å². The SMILES string of the molecule is Cl.O=C(CCCSCC[C@H]1NC[C@@H](O)[C@H](O)[C@H]1O)N1CCOCC1. The van der Waals surface area contributed by atoms with E-state index in [0.29, 0.717) is 39.3 Å². The van der Waals surface area contributed by atoms with Crippen molar-refractivity contribution in [1.29, 1.82) is 0 Å². The van der Waals surface area contributed by atoms with E-state index in [0.717, 1.165) is 24.3 Å². The maximum Gasteiger partial charge on any atom is 0.222 e. The molecule has 0 saturated carbocycles. The molecule has 2 heterocycles. The number of halogens is 1. The molecule has 0 aromatic heterocycles. The van der Waals surface area contributed by atoms with Crippen molar-refractivity contribution in [2.75, 3.05) is 44.4 Å². The summed E-state index contributed by atoms with van der Waals surface area (Å²) in [5.74, 6) is 1.96. The highest BCUT2D eigenvalue weighted by molar-refractivity contribution is 7.99. The molecule has 2 rings (SSSR count). The van der Waals surface area contributed by atoms with Crippen LogP contribution in [0.25, 0.3) is 0 Å². The average molecular weight is 385 g/mol. The zero-order valence-electron chi connectivity index (χ0n) is 13.8. The van der Waals surface area contributed by atoms with E-state index in [1.807, 2.05) is 4.90 Å². The lowest BCUT2D eigenvalue weighted by Gasteiger charge is -2.36. The highest BCUT2D eigenvalue weighted by Crippen LogP contribution is 2.16. The summed E-state index contributed by atoms with van der Waals surface area (Å²) in [6.07, 6.45) is -0.752. The number of aliphatic hydroxyl groups excluding tert-OH is 3. The minimum absolute atomic E-state index is 0. The standard InChI is InChI=1S/C15H28N2O5S.ClH/c18-12-10-16-11(14(20)15(12)21)3-9-23-8-1-2-13(19)17-4-6-22-7-5-17;/h11-12,14-16,18,20-21H,1-10H2;1H/t11-,12-,14+,15+;/m1./s1. The summed E-state index contributed by atoms with van der Waals surface area (Å²) in [7, 11) is 0. The topological polar surface area (TPSA) is 102 Å². The van der Waals surface area contributed by atoms with Crippen molar-refractivity contribution < 1.29 is 24.9 Å². The number of carbonyl (C=O) groups excluding carboxylic acids is 1. The maximum atomic E-state index is 12.0. The number of thioether (sulfide) groups is 1. The number of hydrogen-bond donors (Lipinski definition) is 4. The molecule has 0 aromatic rings. The summed E-state index contributed by atoms with van der Waals surface area (Å²) in [5, 5.41) is 32.0. The number of aliphatic hydroxyl groups is 3. The van der Waals surface area contributed by atoms with Gasteiger partial charge in [-0.25, -0.2) is 0 Å². The second-order valence-corrected chi connectivity index (χ2v) is 7.29. The van der Waals surface area contributed by atoms with E-state index < -0.39 is 18.3 Å². The van der Waals surface area contributed by atoms with Crippen molar-refractivity contribution in [3.63, 3.8) is 0 Å². The van der Waals surface area contributed by atoms with Gasteiger partial charge in [-0.05, 0) is 24.3 Å². The Morgan fingerprint density at radius 2 is 1.88 bits per heavy atom. The number of rotatable bonds is 7. The van der Waals surface area contributed by atoms with Crippen LogP contribution in [-0.4, -0.2) is 94.8 Å². The fourth-order valence-electron chi connectivity index (χ4n) is 2.86. The number of carbonyl (C=O) groups is 1. The first kappa shape index (κ1) is 22.0. The van der Waals surface area contributed by atoms with Crippen molar-refractivity contribution >= 4 is 30.1 Å². The Labute approximate surface area is 153 Å². The normalized spacial score (nSPS) is 30.7. The van der Waals surface area contributed by atoms with E-state index in [-0.39, 0.29) is 24.4 Å². The number of nitrogens with one attached hydrogen (secondary N) is 1. The predicted molar refractivity (Wildman–Crippen MR) is 95.6 cm³/mol. The summed E-state index contributed by atoms with van der Waals surface area (Å²) in [6.45, 7) is 2.98. The van der Waals surface area contributed by atoms with E-state index >= 15 is 0 Å². The molecule has 2 saturated heterocycles. The van der Waals surface area contributed by atoms with Crippen LogP contribution in [0.5, 0.6) is 0 Å². The molecule has 2 aliphatic rings. The fraction of sp³-hybridized carbons (Fsp3) is 0.933. The van der Waals surface area contributed by atoms with Gasteiger partial charge in [0.2, 0.25) is 5.91 Å². The Morgan fingerprint density at radius 3 is 2.58 bits per heavy atom. The van der Waals surface area contributed by atoms with Gasteiger partial charge in [0, 0.05) is 32.1 Å². The lowest BCUT2D eigenvalue weighted by Crippen LogP contribution is -2.59. The number of ether oxygens (including phenoxy) is 1. The van der Waals surface area contributed by atoms with Crippen LogP contribution in [0.1, 0.15) is 19.3 Å². The molecule has 0 radical (unpaired) electrons. The summed E-state index contributed by atoms with van der Waals surface area (Å²) in [5.41, 5.74) is 0. The van der Waals surface area contributed by atoms with Gasteiger partial charge in [0.25, 0.3) is 0 Å². The Kier molecular flexibility index (Phi) is 10.5. The molecule has 1 amide bonds. The molecule has 0 aromatic carbocycles. The molecule has 4 atom stereocenters. The molecule has 9 heteroatoms. The molecule has 7 nitrogen and oxygen atoms in total. The number of hydrogen-bond acceptors (Lipinski definition) is 7. The van der Waals surface area contributed by atoms with E-state index in [4.69, 9.17) is 4.74 Å². The number of amides is 1. The average Bonchev–Trinajstić information content (AvgIpc) is 2.58. The van der Waals surface area contributed by atoms with Gasteiger partial charge in [-0.1, -0.05) is 0 Å². The number of morpholine rings is 1. The lowest BCUT2D eigenvalue weighted by atomic mass is 9.94. The van der Waals surface area contributed by atoms with E-state index in [2.05, 4.69) is 5.32 Å². The van der Waals surface area contributed by atoms with E-state index in [9.17, 15) is 20.1 Å². The number of nitrogens with zero attached hydrogens (tertiary/aromatic N) is 1. The smallest absolute Gasteiger partial charge is 0.222 e. The Bertz CT molecular complexity index is 374. The first-order chi connectivity index (χ1) is 11.1. The van der Waals surface area contributed by atoms with Crippen LogP contribution in [0.4, 0.5) is 0 Å². The van der Waals surface area contributed by atoms with Gasteiger partial charge in [-0.15, -0.1) is 12.4 Å². The minimum atomic E-state index is -1.07. The molecular weight excluding hydrogens is 356 g/mol. The molecule has 24 heavy (non-hydrogen) atoms. The van der Waals surface area contributed by atoms with Crippen molar-refractivity contribution in [3.05, 3.63) is 0 Å². The third kappa shape index (κ3) is 6.67. The van der Waals surface area contributed by atoms with Gasteiger partial charge in [-0.3, -0.25) is 4.79 Å². The quantitative estimate of drug-likeness (QED) is 0.427.